The zero-order valence-corrected chi connectivity index (χ0v) is 11.4. The highest BCUT2D eigenvalue weighted by molar-refractivity contribution is 9.10. The van der Waals surface area contributed by atoms with Crippen LogP contribution in [0.4, 0.5) is 13.2 Å². The van der Waals surface area contributed by atoms with Crippen LogP contribution in [0.1, 0.15) is 15.2 Å². The Morgan fingerprint density at radius 1 is 1.33 bits per heavy atom. The van der Waals surface area contributed by atoms with Crippen molar-refractivity contribution in [1.82, 2.24) is 0 Å². The number of hydrogen-bond donors (Lipinski definition) is 0. The zero-order valence-electron chi connectivity index (χ0n) is 8.97. The predicted molar refractivity (Wildman–Crippen MR) is 65.9 cm³/mol. The lowest BCUT2D eigenvalue weighted by molar-refractivity contribution is -0.137. The van der Waals surface area contributed by atoms with E-state index in [4.69, 9.17) is 0 Å². The Bertz CT molecular complexity index is 619. The molecule has 0 aliphatic carbocycles. The molecule has 0 N–H and O–H groups in total. The maximum atomic E-state index is 12.6. The molecule has 7 heteroatoms. The van der Waals surface area contributed by atoms with Crippen LogP contribution in [-0.4, -0.2) is 13.1 Å². The van der Waals surface area contributed by atoms with Gasteiger partial charge in [0, 0.05) is 9.17 Å². The maximum Gasteiger partial charge on any atom is 0.416 e. The van der Waals surface area contributed by atoms with Crippen molar-refractivity contribution in [2.45, 2.75) is 6.18 Å². The highest BCUT2D eigenvalue weighted by Crippen LogP contribution is 2.38. The molecule has 2 aromatic rings. The van der Waals surface area contributed by atoms with Crippen LogP contribution in [0.2, 0.25) is 0 Å². The summed E-state index contributed by atoms with van der Waals surface area (Å²) in [6.07, 6.45) is -4.41. The monoisotopic (exact) mass is 338 g/mol. The molecule has 0 fully saturated rings. The Morgan fingerprint density at radius 3 is 2.56 bits per heavy atom. The number of carbonyl (C=O) groups excluding carboxylic acids is 1. The second-order valence-corrected chi connectivity index (χ2v) is 5.38. The molecule has 0 saturated carbocycles. The summed E-state index contributed by atoms with van der Waals surface area (Å²) in [5.41, 5.74) is -0.754. The fourth-order valence-electron chi connectivity index (χ4n) is 1.48. The fourth-order valence-corrected chi connectivity index (χ4v) is 3.16. The van der Waals surface area contributed by atoms with E-state index in [1.165, 1.54) is 13.2 Å². The number of esters is 1. The molecule has 0 spiro atoms. The number of carbonyl (C=O) groups is 1. The third-order valence-electron chi connectivity index (χ3n) is 2.28. The number of fused-ring (bicyclic) bond motifs is 1. The van der Waals surface area contributed by atoms with Gasteiger partial charge in [-0.05, 0) is 39.5 Å². The second-order valence-electron chi connectivity index (χ2n) is 3.48. The minimum Gasteiger partial charge on any atom is -0.465 e. The number of ether oxygens (including phenoxy) is 1. The van der Waals surface area contributed by atoms with Crippen LogP contribution in [0.3, 0.4) is 0 Å². The molecule has 2 nitrogen and oxygen atoms in total. The van der Waals surface area contributed by atoms with Crippen LogP contribution in [-0.2, 0) is 10.9 Å². The molecule has 0 aliphatic rings. The van der Waals surface area contributed by atoms with Crippen molar-refractivity contribution in [2.24, 2.45) is 0 Å². The third-order valence-corrected chi connectivity index (χ3v) is 4.34. The molecule has 1 aromatic heterocycles. The summed E-state index contributed by atoms with van der Waals surface area (Å²) in [5.74, 6) is -0.559. The highest BCUT2D eigenvalue weighted by atomic mass is 79.9. The van der Waals surface area contributed by atoms with Crippen molar-refractivity contribution < 1.29 is 22.7 Å². The van der Waals surface area contributed by atoms with Crippen LogP contribution in [0.25, 0.3) is 10.1 Å². The summed E-state index contributed by atoms with van der Waals surface area (Å²) in [7, 11) is 1.23. The minimum absolute atomic E-state index is 0.271. The van der Waals surface area contributed by atoms with Gasteiger partial charge in [-0.25, -0.2) is 4.79 Å². The molecular formula is C11H6BrF3O2S. The molecule has 0 saturated heterocycles. The molecule has 18 heavy (non-hydrogen) atoms. The lowest BCUT2D eigenvalue weighted by Crippen LogP contribution is -2.04. The first kappa shape index (κ1) is 13.4. The second kappa shape index (κ2) is 4.55. The van der Waals surface area contributed by atoms with E-state index in [1.807, 2.05) is 0 Å². The van der Waals surface area contributed by atoms with Crippen LogP contribution in [0, 0.1) is 0 Å². The smallest absolute Gasteiger partial charge is 0.416 e. The SMILES string of the molecule is COC(=O)c1cc2cc(C(F)(F)F)cc(Br)c2s1. The van der Waals surface area contributed by atoms with Gasteiger partial charge in [-0.3, -0.25) is 0 Å². The molecular weight excluding hydrogens is 333 g/mol. The fraction of sp³-hybridized carbons (Fsp3) is 0.182. The van der Waals surface area contributed by atoms with Crippen LogP contribution in [0.5, 0.6) is 0 Å². The molecule has 0 amide bonds. The van der Waals surface area contributed by atoms with Gasteiger partial charge >= 0.3 is 12.1 Å². The average molecular weight is 339 g/mol. The first-order valence-corrected chi connectivity index (χ1v) is 6.32. The van der Waals surface area contributed by atoms with Gasteiger partial charge < -0.3 is 4.74 Å². The number of hydrogen-bond acceptors (Lipinski definition) is 3. The lowest BCUT2D eigenvalue weighted by Gasteiger charge is -2.07. The molecule has 96 valence electrons. The molecule has 0 unspecified atom stereocenters. The Labute approximate surface area is 112 Å². The average Bonchev–Trinajstić information content (AvgIpc) is 2.71. The minimum atomic E-state index is -4.41. The normalized spacial score (nSPS) is 11.8. The zero-order chi connectivity index (χ0) is 13.5. The summed E-state index contributed by atoms with van der Waals surface area (Å²) in [4.78, 5) is 11.6. The third kappa shape index (κ3) is 2.37. The summed E-state index contributed by atoms with van der Waals surface area (Å²) >= 11 is 4.17. The van der Waals surface area contributed by atoms with Crippen molar-refractivity contribution in [1.29, 1.82) is 0 Å². The van der Waals surface area contributed by atoms with E-state index in [9.17, 15) is 18.0 Å². The first-order chi connectivity index (χ1) is 8.32. The Kier molecular flexibility index (Phi) is 3.37. The van der Waals surface area contributed by atoms with Gasteiger partial charge in [-0.1, -0.05) is 0 Å². The van der Waals surface area contributed by atoms with E-state index in [-0.39, 0.29) is 4.88 Å². The van der Waals surface area contributed by atoms with Crippen molar-refractivity contribution >= 4 is 43.3 Å². The molecule has 0 bridgehead atoms. The summed E-state index contributed by atoms with van der Waals surface area (Å²) in [5, 5.41) is 0.363. The van der Waals surface area contributed by atoms with Gasteiger partial charge in [0.25, 0.3) is 0 Å². The molecule has 1 aromatic carbocycles. The van der Waals surface area contributed by atoms with Gasteiger partial charge in [0.1, 0.15) is 4.88 Å². The molecule has 1 heterocycles. The number of benzene rings is 1. The van der Waals surface area contributed by atoms with Gasteiger partial charge in [0.15, 0.2) is 0 Å². The van der Waals surface area contributed by atoms with E-state index in [2.05, 4.69) is 20.7 Å². The van der Waals surface area contributed by atoms with Gasteiger partial charge in [0.05, 0.1) is 12.7 Å². The van der Waals surface area contributed by atoms with Gasteiger partial charge in [-0.15, -0.1) is 11.3 Å². The van der Waals surface area contributed by atoms with Crippen molar-refractivity contribution in [2.75, 3.05) is 7.11 Å². The first-order valence-electron chi connectivity index (χ1n) is 4.71. The predicted octanol–water partition coefficient (Wildman–Crippen LogP) is 4.47. The summed E-state index contributed by atoms with van der Waals surface area (Å²) in [6, 6.07) is 3.41. The van der Waals surface area contributed by atoms with Crippen molar-refractivity contribution in [3.8, 4) is 0 Å². The van der Waals surface area contributed by atoms with Crippen LogP contribution >= 0.6 is 27.3 Å². The van der Waals surface area contributed by atoms with E-state index in [1.54, 1.807) is 0 Å². The van der Waals surface area contributed by atoms with E-state index < -0.39 is 17.7 Å². The topological polar surface area (TPSA) is 26.3 Å². The standard InChI is InChI=1S/C11H6BrF3O2S/c1-17-10(16)8-3-5-2-6(11(13,14)15)4-7(12)9(5)18-8/h2-4H,1H3. The lowest BCUT2D eigenvalue weighted by atomic mass is 10.1. The Hall–Kier alpha value is -1.08. The quantitative estimate of drug-likeness (QED) is 0.717. The number of alkyl halides is 3. The number of rotatable bonds is 1. The summed E-state index contributed by atoms with van der Waals surface area (Å²) < 4.78 is 43.3. The summed E-state index contributed by atoms with van der Waals surface area (Å²) in [6.45, 7) is 0. The van der Waals surface area contributed by atoms with Crippen LogP contribution < -0.4 is 0 Å². The Morgan fingerprint density at radius 2 is 2.00 bits per heavy atom. The molecule has 2 rings (SSSR count). The van der Waals surface area contributed by atoms with Gasteiger partial charge in [-0.2, -0.15) is 13.2 Å². The van der Waals surface area contributed by atoms with E-state index in [0.29, 0.717) is 14.6 Å². The largest absolute Gasteiger partial charge is 0.465 e. The van der Waals surface area contributed by atoms with Gasteiger partial charge in [0.2, 0.25) is 0 Å². The number of halogens is 4. The molecule has 0 aliphatic heterocycles. The highest BCUT2D eigenvalue weighted by Gasteiger charge is 2.31. The molecule has 0 atom stereocenters. The van der Waals surface area contributed by atoms with Crippen molar-refractivity contribution in [3.63, 3.8) is 0 Å². The van der Waals surface area contributed by atoms with Crippen molar-refractivity contribution in [3.05, 3.63) is 33.1 Å². The van der Waals surface area contributed by atoms with E-state index in [0.717, 1.165) is 23.5 Å². The Balaban J connectivity index is 2.63. The molecule has 0 radical (unpaired) electrons. The number of methoxy groups -OCH3 is 1. The maximum absolute atomic E-state index is 12.6. The number of thiophene rings is 1. The van der Waals surface area contributed by atoms with E-state index >= 15 is 0 Å². The van der Waals surface area contributed by atoms with Crippen LogP contribution in [0.15, 0.2) is 22.7 Å².